The van der Waals surface area contributed by atoms with E-state index in [0.717, 1.165) is 12.5 Å². The molecule has 0 aromatic carbocycles. The summed E-state index contributed by atoms with van der Waals surface area (Å²) in [5, 5.41) is 3.21. The molecule has 0 aromatic rings. The topological polar surface area (TPSA) is 18.5 Å². The van der Waals surface area contributed by atoms with Gasteiger partial charge in [0.15, 0.2) is 0 Å². The Bertz CT molecular complexity index is 184. The molecular weight excluding hydrogens is 210 g/mol. The molecule has 0 radical (unpaired) electrons. The Morgan fingerprint density at radius 1 is 1.29 bits per heavy atom. The van der Waals surface area contributed by atoms with Crippen molar-refractivity contribution in [1.82, 2.24) is 15.1 Å². The molecule has 0 aliphatic carbocycles. The van der Waals surface area contributed by atoms with E-state index in [4.69, 9.17) is 0 Å². The molecule has 1 heterocycles. The number of rotatable bonds is 8. The van der Waals surface area contributed by atoms with Crippen LogP contribution in [0.5, 0.6) is 0 Å². The normalized spacial score (nSPS) is 22.2. The summed E-state index contributed by atoms with van der Waals surface area (Å²) in [5.74, 6) is 0.938. The molecule has 1 rings (SSSR count). The van der Waals surface area contributed by atoms with Crippen molar-refractivity contribution in [3.63, 3.8) is 0 Å². The van der Waals surface area contributed by atoms with Gasteiger partial charge in [-0.15, -0.1) is 0 Å². The lowest BCUT2D eigenvalue weighted by Crippen LogP contribution is -2.34. The predicted molar refractivity (Wildman–Crippen MR) is 75.5 cm³/mol. The molecule has 1 fully saturated rings. The Morgan fingerprint density at radius 2 is 2.12 bits per heavy atom. The summed E-state index contributed by atoms with van der Waals surface area (Å²) in [6.07, 6.45) is 6.84. The van der Waals surface area contributed by atoms with Gasteiger partial charge in [-0.25, -0.2) is 0 Å². The molecule has 0 amide bonds. The number of nitrogens with one attached hydrogen (secondary N) is 1. The molecule has 0 saturated carbocycles. The van der Waals surface area contributed by atoms with Crippen molar-refractivity contribution < 1.29 is 0 Å². The second kappa shape index (κ2) is 8.90. The van der Waals surface area contributed by atoms with Gasteiger partial charge >= 0.3 is 0 Å². The van der Waals surface area contributed by atoms with E-state index in [2.05, 4.69) is 29.2 Å². The molecule has 102 valence electrons. The number of nitrogens with zero attached hydrogens (tertiary/aromatic N) is 2. The first-order valence-electron chi connectivity index (χ1n) is 7.24. The second-order valence-electron chi connectivity index (χ2n) is 5.67. The first-order valence-corrected chi connectivity index (χ1v) is 7.24. The van der Waals surface area contributed by atoms with Gasteiger partial charge in [0, 0.05) is 6.54 Å². The van der Waals surface area contributed by atoms with Crippen LogP contribution in [0.3, 0.4) is 0 Å². The van der Waals surface area contributed by atoms with Crippen molar-refractivity contribution in [2.45, 2.75) is 32.1 Å². The van der Waals surface area contributed by atoms with E-state index in [9.17, 15) is 0 Å². The van der Waals surface area contributed by atoms with Gasteiger partial charge in [-0.2, -0.15) is 0 Å². The average Bonchev–Trinajstić information content (AvgIpc) is 2.32. The van der Waals surface area contributed by atoms with E-state index < -0.39 is 0 Å². The van der Waals surface area contributed by atoms with Crippen molar-refractivity contribution in [2.24, 2.45) is 5.92 Å². The zero-order valence-electron chi connectivity index (χ0n) is 12.0. The van der Waals surface area contributed by atoms with Crippen LogP contribution >= 0.6 is 0 Å². The van der Waals surface area contributed by atoms with Crippen molar-refractivity contribution in [3.8, 4) is 0 Å². The van der Waals surface area contributed by atoms with Gasteiger partial charge in [0.1, 0.15) is 0 Å². The molecule has 1 N–H and O–H groups in total. The van der Waals surface area contributed by atoms with Gasteiger partial charge in [0.05, 0.1) is 0 Å². The lowest BCUT2D eigenvalue weighted by Gasteiger charge is -2.30. The highest BCUT2D eigenvalue weighted by atomic mass is 15.1. The Morgan fingerprint density at radius 3 is 2.82 bits per heavy atom. The highest BCUT2D eigenvalue weighted by Crippen LogP contribution is 2.18. The summed E-state index contributed by atoms with van der Waals surface area (Å²) in [7, 11) is 6.56. The number of likely N-dealkylation sites (tertiary alicyclic amines) is 1. The fraction of sp³-hybridized carbons (Fsp3) is 1.00. The second-order valence-corrected chi connectivity index (χ2v) is 5.67. The van der Waals surface area contributed by atoms with Crippen LogP contribution < -0.4 is 5.32 Å². The molecule has 1 atom stereocenters. The average molecular weight is 241 g/mol. The SMILES string of the molecule is CNCCCCN(C)CCC1CCCN(C)C1. The quantitative estimate of drug-likeness (QED) is 0.652. The molecule has 1 aliphatic heterocycles. The van der Waals surface area contributed by atoms with Gasteiger partial charge < -0.3 is 15.1 Å². The first-order chi connectivity index (χ1) is 8.22. The Balaban J connectivity index is 2.00. The summed E-state index contributed by atoms with van der Waals surface area (Å²) in [6.45, 7) is 6.30. The molecule has 1 unspecified atom stereocenters. The minimum atomic E-state index is 0.938. The van der Waals surface area contributed by atoms with Gasteiger partial charge in [-0.05, 0) is 85.3 Å². The third-order valence-corrected chi connectivity index (χ3v) is 3.86. The molecule has 17 heavy (non-hydrogen) atoms. The first kappa shape index (κ1) is 14.9. The van der Waals surface area contributed by atoms with E-state index >= 15 is 0 Å². The molecule has 3 heteroatoms. The fourth-order valence-electron chi connectivity index (χ4n) is 2.71. The van der Waals surface area contributed by atoms with Gasteiger partial charge in [0.25, 0.3) is 0 Å². The predicted octanol–water partition coefficient (Wildman–Crippen LogP) is 1.65. The third kappa shape index (κ3) is 7.02. The standard InChI is InChI=1S/C14H31N3/c1-15-9-4-5-10-16(2)12-8-14-7-6-11-17(3)13-14/h14-15H,4-13H2,1-3H3. The third-order valence-electron chi connectivity index (χ3n) is 3.86. The highest BCUT2D eigenvalue weighted by Gasteiger charge is 2.17. The number of piperidine rings is 1. The lowest BCUT2D eigenvalue weighted by molar-refractivity contribution is 0.185. The van der Waals surface area contributed by atoms with Crippen LogP contribution in [-0.4, -0.2) is 63.7 Å². The molecule has 0 aromatic heterocycles. The molecular formula is C14H31N3. The lowest BCUT2D eigenvalue weighted by atomic mass is 9.95. The number of hydrogen-bond donors (Lipinski definition) is 1. The Kier molecular flexibility index (Phi) is 7.82. The zero-order valence-corrected chi connectivity index (χ0v) is 12.0. The summed E-state index contributed by atoms with van der Waals surface area (Å²) in [4.78, 5) is 4.99. The van der Waals surface area contributed by atoms with Crippen LogP contribution in [0.15, 0.2) is 0 Å². The van der Waals surface area contributed by atoms with Crippen LogP contribution in [0.1, 0.15) is 32.1 Å². The minimum absolute atomic E-state index is 0.938. The van der Waals surface area contributed by atoms with Crippen LogP contribution in [-0.2, 0) is 0 Å². The number of hydrogen-bond acceptors (Lipinski definition) is 3. The maximum Gasteiger partial charge on any atom is 0.000709 e. The Labute approximate surface area is 108 Å². The van der Waals surface area contributed by atoms with E-state index in [-0.39, 0.29) is 0 Å². The largest absolute Gasteiger partial charge is 0.320 e. The smallest absolute Gasteiger partial charge is 0.000709 e. The van der Waals surface area contributed by atoms with Crippen molar-refractivity contribution in [1.29, 1.82) is 0 Å². The molecule has 0 bridgehead atoms. The monoisotopic (exact) mass is 241 g/mol. The van der Waals surface area contributed by atoms with Crippen LogP contribution in [0.4, 0.5) is 0 Å². The molecule has 0 spiro atoms. The molecule has 3 nitrogen and oxygen atoms in total. The van der Waals surface area contributed by atoms with Crippen LogP contribution in [0, 0.1) is 5.92 Å². The zero-order chi connectivity index (χ0) is 12.5. The highest BCUT2D eigenvalue weighted by molar-refractivity contribution is 4.71. The van der Waals surface area contributed by atoms with Crippen LogP contribution in [0.2, 0.25) is 0 Å². The van der Waals surface area contributed by atoms with E-state index in [0.29, 0.717) is 0 Å². The van der Waals surface area contributed by atoms with Gasteiger partial charge in [-0.1, -0.05) is 0 Å². The van der Waals surface area contributed by atoms with E-state index in [1.165, 1.54) is 58.3 Å². The maximum absolute atomic E-state index is 3.21. The summed E-state index contributed by atoms with van der Waals surface area (Å²) >= 11 is 0. The van der Waals surface area contributed by atoms with E-state index in [1.807, 2.05) is 7.05 Å². The van der Waals surface area contributed by atoms with Crippen molar-refractivity contribution >= 4 is 0 Å². The minimum Gasteiger partial charge on any atom is -0.320 e. The Hall–Kier alpha value is -0.120. The molecule has 1 aliphatic rings. The summed E-state index contributed by atoms with van der Waals surface area (Å²) < 4.78 is 0. The van der Waals surface area contributed by atoms with Crippen molar-refractivity contribution in [3.05, 3.63) is 0 Å². The van der Waals surface area contributed by atoms with Gasteiger partial charge in [0.2, 0.25) is 0 Å². The van der Waals surface area contributed by atoms with E-state index in [1.54, 1.807) is 0 Å². The number of unbranched alkanes of at least 4 members (excludes halogenated alkanes) is 1. The summed E-state index contributed by atoms with van der Waals surface area (Å²) in [5.41, 5.74) is 0. The summed E-state index contributed by atoms with van der Waals surface area (Å²) in [6, 6.07) is 0. The maximum atomic E-state index is 3.21. The van der Waals surface area contributed by atoms with Crippen molar-refractivity contribution in [2.75, 3.05) is 53.9 Å². The van der Waals surface area contributed by atoms with Gasteiger partial charge in [-0.3, -0.25) is 0 Å². The fourth-order valence-corrected chi connectivity index (χ4v) is 2.71. The molecule has 1 saturated heterocycles. The van der Waals surface area contributed by atoms with Crippen LogP contribution in [0.25, 0.3) is 0 Å².